The van der Waals surface area contributed by atoms with Gasteiger partial charge in [-0.2, -0.15) is 10.1 Å². The molecule has 9 heteroatoms. The first kappa shape index (κ1) is 20.6. The molecule has 0 amide bonds. The molecular weight excluding hydrogens is 495 g/mol. The highest BCUT2D eigenvalue weighted by Gasteiger charge is 2.27. The van der Waals surface area contributed by atoms with Crippen LogP contribution in [-0.2, 0) is 5.41 Å². The van der Waals surface area contributed by atoms with Crippen LogP contribution in [-0.4, -0.2) is 19.9 Å². The van der Waals surface area contributed by atoms with E-state index in [4.69, 9.17) is 32.8 Å². The Bertz CT molecular complexity index is 1210. The highest BCUT2D eigenvalue weighted by Crippen LogP contribution is 2.39. The third-order valence-corrected chi connectivity index (χ3v) is 6.53. The molecule has 0 aliphatic carbocycles. The summed E-state index contributed by atoms with van der Waals surface area (Å²) in [6.07, 6.45) is 0. The fourth-order valence-corrected chi connectivity index (χ4v) is 4.84. The number of thiophene rings is 1. The van der Waals surface area contributed by atoms with Crippen LogP contribution in [0.5, 0.6) is 0 Å². The topological polar surface area (TPSA) is 56.7 Å². The Morgan fingerprint density at radius 1 is 1.14 bits per heavy atom. The highest BCUT2D eigenvalue weighted by atomic mass is 79.9. The van der Waals surface area contributed by atoms with Gasteiger partial charge in [0.25, 0.3) is 5.89 Å². The Kier molecular flexibility index (Phi) is 5.36. The van der Waals surface area contributed by atoms with Crippen molar-refractivity contribution in [2.45, 2.75) is 33.1 Å². The van der Waals surface area contributed by atoms with Gasteiger partial charge in [0.05, 0.1) is 25.1 Å². The first-order valence-corrected chi connectivity index (χ1v) is 11.2. The van der Waals surface area contributed by atoms with Gasteiger partial charge in [-0.1, -0.05) is 49.1 Å². The van der Waals surface area contributed by atoms with E-state index in [1.807, 2.05) is 50.6 Å². The van der Waals surface area contributed by atoms with Crippen molar-refractivity contribution in [2.75, 3.05) is 0 Å². The molecule has 4 aromatic rings. The highest BCUT2D eigenvalue weighted by molar-refractivity contribution is 9.11. The van der Waals surface area contributed by atoms with E-state index in [-0.39, 0.29) is 5.41 Å². The van der Waals surface area contributed by atoms with Crippen molar-refractivity contribution in [3.63, 3.8) is 0 Å². The summed E-state index contributed by atoms with van der Waals surface area (Å²) < 4.78 is 8.39. The summed E-state index contributed by atoms with van der Waals surface area (Å²) in [6.45, 7) is 8.10. The molecule has 0 saturated carbocycles. The smallest absolute Gasteiger partial charge is 0.278 e. The molecule has 4 rings (SSSR count). The van der Waals surface area contributed by atoms with Crippen LogP contribution in [0.3, 0.4) is 0 Å². The lowest BCUT2D eigenvalue weighted by molar-refractivity contribution is 0.401. The van der Waals surface area contributed by atoms with E-state index in [9.17, 15) is 0 Å². The maximum Gasteiger partial charge on any atom is 0.278 e. The van der Waals surface area contributed by atoms with Crippen LogP contribution in [0.15, 0.2) is 38.6 Å². The molecule has 0 fully saturated rings. The largest absolute Gasteiger partial charge is 0.332 e. The van der Waals surface area contributed by atoms with Crippen molar-refractivity contribution < 1.29 is 4.52 Å². The van der Waals surface area contributed by atoms with Crippen LogP contribution in [0.4, 0.5) is 0 Å². The average molecular weight is 512 g/mol. The molecule has 0 saturated heterocycles. The Hall–Kier alpha value is -1.67. The number of nitrogens with zero attached hydrogens (tertiary/aromatic N) is 4. The van der Waals surface area contributed by atoms with E-state index in [1.165, 1.54) is 0 Å². The molecular formula is C20H17BrCl2N4OS. The van der Waals surface area contributed by atoms with E-state index in [0.717, 1.165) is 25.6 Å². The minimum Gasteiger partial charge on any atom is -0.332 e. The minimum absolute atomic E-state index is 0.223. The lowest BCUT2D eigenvalue weighted by Gasteiger charge is -2.10. The van der Waals surface area contributed by atoms with E-state index < -0.39 is 0 Å². The van der Waals surface area contributed by atoms with Crippen molar-refractivity contribution in [1.29, 1.82) is 0 Å². The Labute approximate surface area is 190 Å². The van der Waals surface area contributed by atoms with Gasteiger partial charge in [0.2, 0.25) is 0 Å². The summed E-state index contributed by atoms with van der Waals surface area (Å²) in [6, 6.07) is 9.38. The standard InChI is InChI=1S/C20H17BrCl2N4OS/c1-10-16(18-24-19(26-28-18)20(2,3)4)25-27(13-6-5-11(22)9-12(13)23)17(10)14-7-8-15(21)29-14/h5-9H,1-4H3. The van der Waals surface area contributed by atoms with Gasteiger partial charge in [-0.3, -0.25) is 0 Å². The summed E-state index contributed by atoms with van der Waals surface area (Å²) >= 11 is 17.7. The lowest BCUT2D eigenvalue weighted by atomic mass is 9.96. The second-order valence-electron chi connectivity index (χ2n) is 7.61. The second kappa shape index (κ2) is 7.54. The van der Waals surface area contributed by atoms with Gasteiger partial charge in [0, 0.05) is 16.0 Å². The van der Waals surface area contributed by atoms with E-state index in [1.54, 1.807) is 23.5 Å². The molecule has 0 spiro atoms. The molecule has 29 heavy (non-hydrogen) atoms. The van der Waals surface area contributed by atoms with Crippen LogP contribution in [0, 0.1) is 6.92 Å². The molecule has 150 valence electrons. The maximum atomic E-state index is 6.50. The fraction of sp³-hybridized carbons (Fsp3) is 0.250. The predicted molar refractivity (Wildman–Crippen MR) is 121 cm³/mol. The second-order valence-corrected chi connectivity index (χ2v) is 10.9. The molecule has 0 radical (unpaired) electrons. The Balaban J connectivity index is 1.95. The van der Waals surface area contributed by atoms with Crippen LogP contribution >= 0.6 is 50.5 Å². The van der Waals surface area contributed by atoms with Crippen LogP contribution in [0.2, 0.25) is 10.0 Å². The number of aromatic nitrogens is 4. The third kappa shape index (κ3) is 3.89. The van der Waals surface area contributed by atoms with Crippen molar-refractivity contribution in [3.05, 3.63) is 55.6 Å². The lowest BCUT2D eigenvalue weighted by Crippen LogP contribution is -2.13. The third-order valence-electron chi connectivity index (χ3n) is 4.37. The van der Waals surface area contributed by atoms with Crippen molar-refractivity contribution in [3.8, 4) is 27.8 Å². The molecule has 0 unspecified atom stereocenters. The Morgan fingerprint density at radius 2 is 1.90 bits per heavy atom. The molecule has 0 aliphatic heterocycles. The van der Waals surface area contributed by atoms with E-state index >= 15 is 0 Å². The van der Waals surface area contributed by atoms with Crippen LogP contribution in [0.25, 0.3) is 27.8 Å². The SMILES string of the molecule is Cc1c(-c2nc(C(C)(C)C)no2)nn(-c2ccc(Cl)cc2Cl)c1-c1ccc(Br)s1. The quantitative estimate of drug-likeness (QED) is 0.289. The van der Waals surface area contributed by atoms with Crippen molar-refractivity contribution >= 4 is 50.5 Å². The maximum absolute atomic E-state index is 6.50. The molecule has 0 N–H and O–H groups in total. The van der Waals surface area contributed by atoms with Gasteiger partial charge < -0.3 is 4.52 Å². The number of benzene rings is 1. The zero-order valence-electron chi connectivity index (χ0n) is 16.1. The first-order valence-electron chi connectivity index (χ1n) is 8.80. The van der Waals surface area contributed by atoms with Crippen LogP contribution in [0.1, 0.15) is 32.2 Å². The number of hydrogen-bond donors (Lipinski definition) is 0. The van der Waals surface area contributed by atoms with Gasteiger partial charge in [-0.05, 0) is 53.2 Å². The summed E-state index contributed by atoms with van der Waals surface area (Å²) in [5.41, 5.74) is 2.96. The molecule has 5 nitrogen and oxygen atoms in total. The normalized spacial score (nSPS) is 12.0. The van der Waals surface area contributed by atoms with Gasteiger partial charge in [-0.15, -0.1) is 11.3 Å². The molecule has 0 aliphatic rings. The van der Waals surface area contributed by atoms with Crippen LogP contribution < -0.4 is 0 Å². The number of rotatable bonds is 3. The van der Waals surface area contributed by atoms with Gasteiger partial charge in [-0.25, -0.2) is 4.68 Å². The first-order chi connectivity index (χ1) is 13.6. The van der Waals surface area contributed by atoms with E-state index in [2.05, 4.69) is 26.1 Å². The average Bonchev–Trinajstić information content (AvgIpc) is 3.33. The van der Waals surface area contributed by atoms with Crippen molar-refractivity contribution in [2.24, 2.45) is 0 Å². The summed E-state index contributed by atoms with van der Waals surface area (Å²) in [7, 11) is 0. The zero-order valence-corrected chi connectivity index (χ0v) is 20.0. The summed E-state index contributed by atoms with van der Waals surface area (Å²) in [5, 5.41) is 10.0. The van der Waals surface area contributed by atoms with Gasteiger partial charge in [0.15, 0.2) is 11.5 Å². The predicted octanol–water partition coefficient (Wildman–Crippen LogP) is 7.33. The molecule has 0 atom stereocenters. The number of hydrogen-bond acceptors (Lipinski definition) is 5. The fourth-order valence-electron chi connectivity index (χ4n) is 2.88. The molecule has 1 aromatic carbocycles. The monoisotopic (exact) mass is 510 g/mol. The zero-order chi connectivity index (χ0) is 20.9. The molecule has 0 bridgehead atoms. The van der Waals surface area contributed by atoms with Gasteiger partial charge >= 0.3 is 0 Å². The van der Waals surface area contributed by atoms with E-state index in [0.29, 0.717) is 27.5 Å². The van der Waals surface area contributed by atoms with Crippen molar-refractivity contribution in [1.82, 2.24) is 19.9 Å². The molecule has 3 heterocycles. The Morgan fingerprint density at radius 3 is 2.48 bits per heavy atom. The minimum atomic E-state index is -0.223. The summed E-state index contributed by atoms with van der Waals surface area (Å²) in [5.74, 6) is 1.01. The number of halogens is 3. The summed E-state index contributed by atoms with van der Waals surface area (Å²) in [4.78, 5) is 5.62. The molecule has 3 aromatic heterocycles. The van der Waals surface area contributed by atoms with Gasteiger partial charge in [0.1, 0.15) is 0 Å².